The number of nitrogens with one attached hydrogen (secondary N) is 2. The molecule has 0 radical (unpaired) electrons. The van der Waals surface area contributed by atoms with E-state index in [1.165, 1.54) is 19.3 Å². The third kappa shape index (κ3) is 7.41. The van der Waals surface area contributed by atoms with Crippen LogP contribution in [0.4, 0.5) is 0 Å². The number of hydrogen-bond acceptors (Lipinski definition) is 4. The van der Waals surface area contributed by atoms with Crippen LogP contribution in [0.2, 0.25) is 0 Å². The fraction of sp³-hybridized carbons (Fsp3) is 0.895. The van der Waals surface area contributed by atoms with Crippen molar-refractivity contribution >= 4 is 36.6 Å². The Kier molecular flexibility index (Phi) is 11.0. The van der Waals surface area contributed by atoms with E-state index >= 15 is 0 Å². The molecule has 3 fully saturated rings. The zero-order valence-electron chi connectivity index (χ0n) is 16.5. The second-order valence-electron chi connectivity index (χ2n) is 8.13. The van der Waals surface area contributed by atoms with Gasteiger partial charge in [-0.3, -0.25) is 14.5 Å². The van der Waals surface area contributed by atoms with Crippen LogP contribution in [0.15, 0.2) is 0 Å². The lowest BCUT2D eigenvalue weighted by molar-refractivity contribution is -0.136. The molecule has 1 saturated carbocycles. The molecule has 2 saturated heterocycles. The van der Waals surface area contributed by atoms with E-state index < -0.39 is 0 Å². The molecule has 8 heteroatoms. The van der Waals surface area contributed by atoms with Crippen LogP contribution in [-0.4, -0.2) is 73.0 Å². The van der Waals surface area contributed by atoms with Gasteiger partial charge in [-0.15, -0.1) is 24.8 Å². The standard InChI is InChI=1S/C19H34N4O2.2ClH/c1-15-5-7-16(8-6-15)21-18(24)14-22-10-12-23(13-11-22)19(25)17-4-2-3-9-20-17;;/h15-17,20H,2-14H2,1H3,(H,21,24);2*1H/t15?,16?,17-;;/m1../s1. The molecular formula is C19H36Cl2N4O2. The maximum absolute atomic E-state index is 12.5. The molecule has 0 aromatic heterocycles. The quantitative estimate of drug-likeness (QED) is 0.724. The fourth-order valence-corrected chi connectivity index (χ4v) is 4.29. The van der Waals surface area contributed by atoms with Crippen LogP contribution >= 0.6 is 24.8 Å². The molecule has 3 aliphatic rings. The molecule has 2 N–H and O–H groups in total. The van der Waals surface area contributed by atoms with E-state index in [4.69, 9.17) is 0 Å². The summed E-state index contributed by atoms with van der Waals surface area (Å²) < 4.78 is 0. The Labute approximate surface area is 176 Å². The molecule has 2 amide bonds. The molecule has 0 aromatic rings. The van der Waals surface area contributed by atoms with Gasteiger partial charge < -0.3 is 15.5 Å². The van der Waals surface area contributed by atoms with Gasteiger partial charge in [0.15, 0.2) is 0 Å². The largest absolute Gasteiger partial charge is 0.352 e. The number of amides is 2. The number of rotatable bonds is 4. The SMILES string of the molecule is CC1CCC(NC(=O)CN2CCN(C(=O)[C@H]3CCCCN3)CC2)CC1.Cl.Cl. The van der Waals surface area contributed by atoms with E-state index in [2.05, 4.69) is 22.5 Å². The molecule has 2 aliphatic heterocycles. The van der Waals surface area contributed by atoms with Crippen LogP contribution in [0.3, 0.4) is 0 Å². The van der Waals surface area contributed by atoms with Crippen LogP contribution in [-0.2, 0) is 9.59 Å². The predicted octanol–water partition coefficient (Wildman–Crippen LogP) is 1.81. The van der Waals surface area contributed by atoms with Crippen molar-refractivity contribution in [3.63, 3.8) is 0 Å². The molecule has 158 valence electrons. The Hall–Kier alpha value is -0.560. The summed E-state index contributed by atoms with van der Waals surface area (Å²) in [5.74, 6) is 1.20. The first kappa shape index (κ1) is 24.5. The summed E-state index contributed by atoms with van der Waals surface area (Å²) >= 11 is 0. The van der Waals surface area contributed by atoms with Crippen molar-refractivity contribution < 1.29 is 9.59 Å². The van der Waals surface area contributed by atoms with E-state index in [0.717, 1.165) is 64.3 Å². The summed E-state index contributed by atoms with van der Waals surface area (Å²) in [4.78, 5) is 29.0. The first-order chi connectivity index (χ1) is 12.1. The molecule has 0 spiro atoms. The predicted molar refractivity (Wildman–Crippen MR) is 113 cm³/mol. The summed E-state index contributed by atoms with van der Waals surface area (Å²) in [6, 6.07) is 0.376. The number of hydrogen-bond donors (Lipinski definition) is 2. The molecule has 3 rings (SSSR count). The van der Waals surface area contributed by atoms with Gasteiger partial charge in [0.25, 0.3) is 0 Å². The number of piperidine rings is 1. The highest BCUT2D eigenvalue weighted by atomic mass is 35.5. The molecule has 6 nitrogen and oxygen atoms in total. The Morgan fingerprint density at radius 3 is 2.22 bits per heavy atom. The summed E-state index contributed by atoms with van der Waals surface area (Å²) in [6.45, 7) is 6.80. The van der Waals surface area contributed by atoms with Crippen molar-refractivity contribution in [2.75, 3.05) is 39.3 Å². The third-order valence-electron chi connectivity index (χ3n) is 6.04. The molecule has 27 heavy (non-hydrogen) atoms. The van der Waals surface area contributed by atoms with E-state index in [9.17, 15) is 9.59 Å². The van der Waals surface area contributed by atoms with Gasteiger partial charge in [0, 0.05) is 32.2 Å². The van der Waals surface area contributed by atoms with E-state index in [1.54, 1.807) is 0 Å². The highest BCUT2D eigenvalue weighted by Gasteiger charge is 2.29. The summed E-state index contributed by atoms with van der Waals surface area (Å²) in [5.41, 5.74) is 0. The van der Waals surface area contributed by atoms with Gasteiger partial charge in [0.2, 0.25) is 11.8 Å². The van der Waals surface area contributed by atoms with E-state index in [0.29, 0.717) is 12.6 Å². The average molecular weight is 423 g/mol. The minimum Gasteiger partial charge on any atom is -0.352 e. The van der Waals surface area contributed by atoms with Crippen LogP contribution in [0, 0.1) is 5.92 Å². The summed E-state index contributed by atoms with van der Waals surface area (Å²) in [5, 5.41) is 6.54. The number of nitrogens with zero attached hydrogens (tertiary/aromatic N) is 2. The van der Waals surface area contributed by atoms with E-state index in [-0.39, 0.29) is 42.7 Å². The van der Waals surface area contributed by atoms with Gasteiger partial charge in [0.1, 0.15) is 0 Å². The smallest absolute Gasteiger partial charge is 0.239 e. The number of halogens is 2. The summed E-state index contributed by atoms with van der Waals surface area (Å²) in [7, 11) is 0. The summed E-state index contributed by atoms with van der Waals surface area (Å²) in [6.07, 6.45) is 7.95. The molecule has 1 aliphatic carbocycles. The monoisotopic (exact) mass is 422 g/mol. The van der Waals surface area contributed by atoms with E-state index in [1.807, 2.05) is 4.90 Å². The lowest BCUT2D eigenvalue weighted by Gasteiger charge is -2.37. The molecule has 0 unspecified atom stereocenters. The second kappa shape index (κ2) is 12.1. The minimum absolute atomic E-state index is 0. The molecule has 0 aromatic carbocycles. The highest BCUT2D eigenvalue weighted by Crippen LogP contribution is 2.23. The molecule has 0 bridgehead atoms. The zero-order valence-corrected chi connectivity index (χ0v) is 18.1. The number of piperazine rings is 1. The van der Waals surface area contributed by atoms with Crippen LogP contribution < -0.4 is 10.6 Å². The van der Waals surface area contributed by atoms with Crippen LogP contribution in [0.1, 0.15) is 51.9 Å². The Morgan fingerprint density at radius 1 is 0.963 bits per heavy atom. The molecule has 2 heterocycles. The van der Waals surface area contributed by atoms with Crippen molar-refractivity contribution in [3.8, 4) is 0 Å². The number of carbonyl (C=O) groups is 2. The first-order valence-corrected chi connectivity index (χ1v) is 10.2. The fourth-order valence-electron chi connectivity index (χ4n) is 4.29. The van der Waals surface area contributed by atoms with Gasteiger partial charge >= 0.3 is 0 Å². The van der Waals surface area contributed by atoms with Crippen LogP contribution in [0.25, 0.3) is 0 Å². The minimum atomic E-state index is 0. The topological polar surface area (TPSA) is 64.7 Å². The van der Waals surface area contributed by atoms with Gasteiger partial charge in [-0.25, -0.2) is 0 Å². The normalized spacial score (nSPS) is 29.2. The van der Waals surface area contributed by atoms with Gasteiger partial charge in [0.05, 0.1) is 12.6 Å². The van der Waals surface area contributed by atoms with Crippen molar-refractivity contribution in [3.05, 3.63) is 0 Å². The second-order valence-corrected chi connectivity index (χ2v) is 8.13. The van der Waals surface area contributed by atoms with Crippen molar-refractivity contribution in [2.24, 2.45) is 5.92 Å². The van der Waals surface area contributed by atoms with Crippen molar-refractivity contribution in [1.29, 1.82) is 0 Å². The Balaban J connectivity index is 0.00000182. The maximum Gasteiger partial charge on any atom is 0.239 e. The van der Waals surface area contributed by atoms with Crippen LogP contribution in [0.5, 0.6) is 0 Å². The highest BCUT2D eigenvalue weighted by molar-refractivity contribution is 5.85. The zero-order chi connectivity index (χ0) is 17.6. The number of carbonyl (C=O) groups excluding carboxylic acids is 2. The molecule has 1 atom stereocenters. The third-order valence-corrected chi connectivity index (χ3v) is 6.04. The van der Waals surface area contributed by atoms with Crippen molar-refractivity contribution in [2.45, 2.75) is 64.0 Å². The Morgan fingerprint density at radius 2 is 1.63 bits per heavy atom. The lowest BCUT2D eigenvalue weighted by Crippen LogP contribution is -2.56. The maximum atomic E-state index is 12.5. The van der Waals surface area contributed by atoms with Gasteiger partial charge in [-0.2, -0.15) is 0 Å². The Bertz CT molecular complexity index is 459. The van der Waals surface area contributed by atoms with Gasteiger partial charge in [-0.1, -0.05) is 13.3 Å². The molecular weight excluding hydrogens is 387 g/mol. The first-order valence-electron chi connectivity index (χ1n) is 10.2. The van der Waals surface area contributed by atoms with Crippen molar-refractivity contribution in [1.82, 2.24) is 20.4 Å². The lowest BCUT2D eigenvalue weighted by atomic mass is 9.87. The van der Waals surface area contributed by atoms with Gasteiger partial charge in [-0.05, 0) is 51.0 Å². The average Bonchev–Trinajstić information content (AvgIpc) is 2.64.